The second-order valence-electron chi connectivity index (χ2n) is 6.91. The molecule has 2 heterocycles. The summed E-state index contributed by atoms with van der Waals surface area (Å²) in [5.74, 6) is 0.490. The van der Waals surface area contributed by atoms with E-state index in [1.807, 2.05) is 24.3 Å². The zero-order valence-corrected chi connectivity index (χ0v) is 16.5. The fourth-order valence-electron chi connectivity index (χ4n) is 3.56. The van der Waals surface area contributed by atoms with Gasteiger partial charge < -0.3 is 14.1 Å². The molecule has 0 spiro atoms. The van der Waals surface area contributed by atoms with E-state index < -0.39 is 6.04 Å². The van der Waals surface area contributed by atoms with Gasteiger partial charge in [-0.25, -0.2) is 0 Å². The molecule has 5 nitrogen and oxygen atoms in total. The van der Waals surface area contributed by atoms with Crippen molar-refractivity contribution < 1.29 is 13.9 Å². The van der Waals surface area contributed by atoms with E-state index in [0.29, 0.717) is 33.9 Å². The average Bonchev–Trinajstić information content (AvgIpc) is 2.94. The summed E-state index contributed by atoms with van der Waals surface area (Å²) in [6.07, 6.45) is 2.01. The summed E-state index contributed by atoms with van der Waals surface area (Å²) in [7, 11) is 1.67. The summed E-state index contributed by atoms with van der Waals surface area (Å²) in [5, 5.41) is 0.815. The van der Waals surface area contributed by atoms with Gasteiger partial charge in [-0.1, -0.05) is 37.1 Å². The Morgan fingerprint density at radius 3 is 2.79 bits per heavy atom. The first kappa shape index (κ1) is 18.6. The first-order valence-corrected chi connectivity index (χ1v) is 9.65. The van der Waals surface area contributed by atoms with Gasteiger partial charge in [0.1, 0.15) is 11.3 Å². The molecule has 1 unspecified atom stereocenters. The largest absolute Gasteiger partial charge is 0.494 e. The summed E-state index contributed by atoms with van der Waals surface area (Å²) < 4.78 is 11.6. The van der Waals surface area contributed by atoms with E-state index >= 15 is 0 Å². The van der Waals surface area contributed by atoms with Crippen LogP contribution in [0.3, 0.4) is 0 Å². The Labute approximate surface area is 167 Å². The third kappa shape index (κ3) is 3.06. The molecule has 1 aliphatic rings. The van der Waals surface area contributed by atoms with Crippen molar-refractivity contribution in [3.05, 3.63) is 74.6 Å². The smallest absolute Gasteiger partial charge is 0.290 e. The minimum Gasteiger partial charge on any atom is -0.494 e. The molecule has 4 rings (SSSR count). The lowest BCUT2D eigenvalue weighted by molar-refractivity contribution is 0.0771. The standard InChI is InChI=1S/C22H20ClNO4/c1-3-4-10-27-15-7-5-6-13(11-15)19-18-20(25)16-12-14(23)8-9-17(16)28-21(18)22(26)24(19)2/h5-9,11-12,19H,3-4,10H2,1-2H3. The molecular formula is C22H20ClNO4. The number of halogens is 1. The predicted octanol–water partition coefficient (Wildman–Crippen LogP) is 4.80. The van der Waals surface area contributed by atoms with Crippen LogP contribution >= 0.6 is 11.6 Å². The van der Waals surface area contributed by atoms with E-state index in [4.69, 9.17) is 20.8 Å². The van der Waals surface area contributed by atoms with Crippen molar-refractivity contribution >= 4 is 28.5 Å². The molecule has 144 valence electrons. The molecule has 3 aromatic rings. The summed E-state index contributed by atoms with van der Waals surface area (Å²) in [5.41, 5.74) is 1.26. The van der Waals surface area contributed by atoms with Gasteiger partial charge in [0, 0.05) is 12.1 Å². The fourth-order valence-corrected chi connectivity index (χ4v) is 3.73. The highest BCUT2D eigenvalue weighted by atomic mass is 35.5. The molecule has 1 atom stereocenters. The van der Waals surface area contributed by atoms with Crippen LogP contribution < -0.4 is 10.2 Å². The molecule has 0 fully saturated rings. The molecule has 0 aliphatic carbocycles. The Kier molecular flexibility index (Phi) is 4.85. The van der Waals surface area contributed by atoms with Crippen molar-refractivity contribution in [2.24, 2.45) is 0 Å². The topological polar surface area (TPSA) is 59.8 Å². The highest BCUT2D eigenvalue weighted by Gasteiger charge is 2.40. The maximum absolute atomic E-state index is 13.2. The van der Waals surface area contributed by atoms with Gasteiger partial charge in [0.2, 0.25) is 5.76 Å². The van der Waals surface area contributed by atoms with Crippen LogP contribution in [-0.4, -0.2) is 24.5 Å². The maximum atomic E-state index is 13.2. The Bertz CT molecular complexity index is 1120. The molecule has 0 saturated carbocycles. The lowest BCUT2D eigenvalue weighted by Crippen LogP contribution is -2.25. The summed E-state index contributed by atoms with van der Waals surface area (Å²) in [6, 6.07) is 11.8. The molecule has 0 radical (unpaired) electrons. The van der Waals surface area contributed by atoms with Gasteiger partial charge in [0.15, 0.2) is 5.43 Å². The van der Waals surface area contributed by atoms with Crippen molar-refractivity contribution in [3.8, 4) is 5.75 Å². The predicted molar refractivity (Wildman–Crippen MR) is 108 cm³/mol. The molecule has 28 heavy (non-hydrogen) atoms. The number of hydrogen-bond donors (Lipinski definition) is 0. The Morgan fingerprint density at radius 1 is 1.18 bits per heavy atom. The van der Waals surface area contributed by atoms with Crippen LogP contribution in [0.5, 0.6) is 5.75 Å². The van der Waals surface area contributed by atoms with E-state index in [0.717, 1.165) is 18.4 Å². The minimum atomic E-state index is -0.531. The summed E-state index contributed by atoms with van der Waals surface area (Å²) in [6.45, 7) is 2.73. The van der Waals surface area contributed by atoms with Gasteiger partial charge in [0.25, 0.3) is 5.91 Å². The molecule has 1 aliphatic heterocycles. The van der Waals surface area contributed by atoms with Crippen LogP contribution in [0.2, 0.25) is 5.02 Å². The number of ether oxygens (including phenoxy) is 1. The van der Waals surface area contributed by atoms with Crippen LogP contribution in [-0.2, 0) is 0 Å². The number of nitrogens with zero attached hydrogens (tertiary/aromatic N) is 1. The Morgan fingerprint density at radius 2 is 2.00 bits per heavy atom. The quantitative estimate of drug-likeness (QED) is 0.580. The molecule has 1 aromatic heterocycles. The van der Waals surface area contributed by atoms with Gasteiger partial charge in [-0.05, 0) is 42.3 Å². The van der Waals surface area contributed by atoms with Gasteiger partial charge in [-0.2, -0.15) is 0 Å². The van der Waals surface area contributed by atoms with Gasteiger partial charge in [-0.3, -0.25) is 9.59 Å². The van der Waals surface area contributed by atoms with Crippen LogP contribution in [0, 0.1) is 0 Å². The van der Waals surface area contributed by atoms with Crippen LogP contribution in [0.4, 0.5) is 0 Å². The average molecular weight is 398 g/mol. The Hall–Kier alpha value is -2.79. The molecule has 0 saturated heterocycles. The van der Waals surface area contributed by atoms with Crippen molar-refractivity contribution in [3.63, 3.8) is 0 Å². The maximum Gasteiger partial charge on any atom is 0.290 e. The number of benzene rings is 2. The van der Waals surface area contributed by atoms with Crippen molar-refractivity contribution in [1.82, 2.24) is 4.90 Å². The lowest BCUT2D eigenvalue weighted by atomic mass is 9.98. The fraction of sp³-hybridized carbons (Fsp3) is 0.273. The SMILES string of the molecule is CCCCOc1cccc(C2c3c(oc4ccc(Cl)cc4c3=O)C(=O)N2C)c1. The van der Waals surface area contributed by atoms with Crippen LogP contribution in [0.25, 0.3) is 11.0 Å². The molecule has 0 bridgehead atoms. The Balaban J connectivity index is 1.84. The minimum absolute atomic E-state index is 0.0876. The van der Waals surface area contributed by atoms with E-state index in [1.165, 1.54) is 4.90 Å². The first-order chi connectivity index (χ1) is 13.5. The molecule has 2 aromatic carbocycles. The van der Waals surface area contributed by atoms with Crippen molar-refractivity contribution in [1.29, 1.82) is 0 Å². The number of fused-ring (bicyclic) bond motifs is 2. The lowest BCUT2D eigenvalue weighted by Gasteiger charge is -2.21. The van der Waals surface area contributed by atoms with Crippen LogP contribution in [0.1, 0.15) is 47.5 Å². The third-order valence-electron chi connectivity index (χ3n) is 5.00. The first-order valence-electron chi connectivity index (χ1n) is 9.27. The third-order valence-corrected chi connectivity index (χ3v) is 5.24. The zero-order chi connectivity index (χ0) is 19.8. The van der Waals surface area contributed by atoms with E-state index in [-0.39, 0.29) is 17.1 Å². The summed E-state index contributed by atoms with van der Waals surface area (Å²) in [4.78, 5) is 27.5. The number of amides is 1. The molecule has 6 heteroatoms. The highest BCUT2D eigenvalue weighted by molar-refractivity contribution is 6.31. The number of carbonyl (C=O) groups is 1. The molecule has 1 amide bonds. The normalized spacial score (nSPS) is 15.9. The summed E-state index contributed by atoms with van der Waals surface area (Å²) >= 11 is 6.06. The second-order valence-corrected chi connectivity index (χ2v) is 7.34. The second kappa shape index (κ2) is 7.32. The van der Waals surface area contributed by atoms with Gasteiger partial charge in [0.05, 0.1) is 23.6 Å². The van der Waals surface area contributed by atoms with Gasteiger partial charge in [-0.15, -0.1) is 0 Å². The number of carbonyl (C=O) groups excluding carboxylic acids is 1. The van der Waals surface area contributed by atoms with Gasteiger partial charge >= 0.3 is 0 Å². The number of unbranched alkanes of at least 4 members (excludes halogenated alkanes) is 1. The molecule has 0 N–H and O–H groups in total. The van der Waals surface area contributed by atoms with Crippen LogP contribution in [0.15, 0.2) is 51.7 Å². The van der Waals surface area contributed by atoms with Crippen molar-refractivity contribution in [2.45, 2.75) is 25.8 Å². The van der Waals surface area contributed by atoms with E-state index in [9.17, 15) is 9.59 Å². The number of rotatable bonds is 5. The zero-order valence-electron chi connectivity index (χ0n) is 15.7. The highest BCUT2D eigenvalue weighted by Crippen LogP contribution is 2.38. The van der Waals surface area contributed by atoms with E-state index in [1.54, 1.807) is 25.2 Å². The number of hydrogen-bond acceptors (Lipinski definition) is 4. The van der Waals surface area contributed by atoms with E-state index in [2.05, 4.69) is 6.92 Å². The van der Waals surface area contributed by atoms with Crippen molar-refractivity contribution in [2.75, 3.05) is 13.7 Å². The molecular weight excluding hydrogens is 378 g/mol. The monoisotopic (exact) mass is 397 g/mol.